The smallest absolute Gasteiger partial charge is 0.251 e. The summed E-state index contributed by atoms with van der Waals surface area (Å²) in [6.45, 7) is 1.13. The molecule has 0 aliphatic carbocycles. The number of aryl methyl sites for hydroxylation is 1. The van der Waals surface area contributed by atoms with E-state index in [4.69, 9.17) is 0 Å². The summed E-state index contributed by atoms with van der Waals surface area (Å²) in [5.74, 6) is 0.104. The maximum atomic E-state index is 13.2. The Morgan fingerprint density at radius 1 is 0.892 bits per heavy atom. The first kappa shape index (κ1) is 24.7. The summed E-state index contributed by atoms with van der Waals surface area (Å²) in [6.07, 6.45) is 5.56. The zero-order chi connectivity index (χ0) is 25.7. The molecular formula is C31H31N3O3. The number of pyridine rings is 2. The number of aromatic nitrogens is 2. The normalized spacial score (nSPS) is 14.9. The Kier molecular flexibility index (Phi) is 7.28. The van der Waals surface area contributed by atoms with Crippen LogP contribution in [-0.4, -0.2) is 44.2 Å². The maximum Gasteiger partial charge on any atom is 0.251 e. The second-order valence-electron chi connectivity index (χ2n) is 9.74. The molecule has 37 heavy (non-hydrogen) atoms. The van der Waals surface area contributed by atoms with Gasteiger partial charge in [0, 0.05) is 43.5 Å². The Balaban J connectivity index is 1.31. The fourth-order valence-corrected chi connectivity index (χ4v) is 4.98. The van der Waals surface area contributed by atoms with E-state index in [0.717, 1.165) is 27.9 Å². The van der Waals surface area contributed by atoms with Crippen LogP contribution in [0.2, 0.25) is 0 Å². The molecule has 0 unspecified atom stereocenters. The first-order chi connectivity index (χ1) is 18.0. The lowest BCUT2D eigenvalue weighted by molar-refractivity contribution is -0.135. The standard InChI is InChI=1S/C31H31N3O3/c35-29(15-14-24-9-3-1-4-10-24)33-19-16-31(37,17-20-33)23-34-22-27(28-13-7-8-18-32-28)26(21-30(34)36)25-11-5-2-6-12-25/h1-13,18,21-22,37H,14-17,19-20,23H2. The summed E-state index contributed by atoms with van der Waals surface area (Å²) in [5.41, 5.74) is 3.26. The Labute approximate surface area is 216 Å². The molecule has 1 N–H and O–H groups in total. The van der Waals surface area contributed by atoms with Gasteiger partial charge in [-0.15, -0.1) is 0 Å². The summed E-state index contributed by atoms with van der Waals surface area (Å²) in [4.78, 5) is 32.3. The van der Waals surface area contributed by atoms with E-state index >= 15 is 0 Å². The highest BCUT2D eigenvalue weighted by atomic mass is 16.3. The van der Waals surface area contributed by atoms with Gasteiger partial charge in [0.25, 0.3) is 5.56 Å². The molecule has 1 fully saturated rings. The van der Waals surface area contributed by atoms with Crippen molar-refractivity contribution in [2.45, 2.75) is 37.8 Å². The molecule has 0 spiro atoms. The molecule has 0 atom stereocenters. The van der Waals surface area contributed by atoms with Crippen molar-refractivity contribution in [3.63, 3.8) is 0 Å². The van der Waals surface area contributed by atoms with E-state index in [9.17, 15) is 14.7 Å². The van der Waals surface area contributed by atoms with Gasteiger partial charge in [0.2, 0.25) is 5.91 Å². The van der Waals surface area contributed by atoms with Gasteiger partial charge >= 0.3 is 0 Å². The summed E-state index contributed by atoms with van der Waals surface area (Å²) >= 11 is 0. The minimum absolute atomic E-state index is 0.104. The van der Waals surface area contributed by atoms with E-state index < -0.39 is 5.60 Å². The molecule has 6 nitrogen and oxygen atoms in total. The zero-order valence-electron chi connectivity index (χ0n) is 20.8. The van der Waals surface area contributed by atoms with Crippen LogP contribution in [0.1, 0.15) is 24.8 Å². The van der Waals surface area contributed by atoms with Gasteiger partial charge in [-0.25, -0.2) is 0 Å². The third-order valence-corrected chi connectivity index (χ3v) is 7.13. The van der Waals surface area contributed by atoms with Crippen molar-refractivity contribution >= 4 is 5.91 Å². The number of hydrogen-bond donors (Lipinski definition) is 1. The molecule has 1 amide bonds. The second-order valence-corrected chi connectivity index (χ2v) is 9.74. The van der Waals surface area contributed by atoms with Gasteiger partial charge in [0.05, 0.1) is 17.8 Å². The number of aliphatic hydroxyl groups is 1. The van der Waals surface area contributed by atoms with E-state index in [1.165, 1.54) is 0 Å². The van der Waals surface area contributed by atoms with Crippen molar-refractivity contribution in [2.24, 2.45) is 0 Å². The highest BCUT2D eigenvalue weighted by molar-refractivity contribution is 5.81. The average molecular weight is 494 g/mol. The van der Waals surface area contributed by atoms with E-state index in [0.29, 0.717) is 38.8 Å². The first-order valence-corrected chi connectivity index (χ1v) is 12.8. The van der Waals surface area contributed by atoms with Crippen LogP contribution in [-0.2, 0) is 17.8 Å². The molecule has 2 aromatic carbocycles. The third kappa shape index (κ3) is 5.87. The lowest BCUT2D eigenvalue weighted by Crippen LogP contribution is -2.49. The molecular weight excluding hydrogens is 462 g/mol. The zero-order valence-corrected chi connectivity index (χ0v) is 20.8. The predicted molar refractivity (Wildman–Crippen MR) is 145 cm³/mol. The van der Waals surface area contributed by atoms with Crippen LogP contribution in [0.4, 0.5) is 0 Å². The monoisotopic (exact) mass is 493 g/mol. The van der Waals surface area contributed by atoms with Gasteiger partial charge in [-0.2, -0.15) is 0 Å². The van der Waals surface area contributed by atoms with Crippen LogP contribution in [0.15, 0.2) is 102 Å². The average Bonchev–Trinajstić information content (AvgIpc) is 2.94. The maximum absolute atomic E-state index is 13.2. The number of likely N-dealkylation sites (tertiary alicyclic amines) is 1. The molecule has 6 heteroatoms. The van der Waals surface area contributed by atoms with Crippen molar-refractivity contribution in [2.75, 3.05) is 13.1 Å². The number of piperidine rings is 1. The summed E-state index contributed by atoms with van der Waals surface area (Å²) < 4.78 is 1.59. The van der Waals surface area contributed by atoms with Crippen molar-refractivity contribution in [3.8, 4) is 22.4 Å². The number of carbonyl (C=O) groups is 1. The second kappa shape index (κ2) is 10.9. The number of benzene rings is 2. The minimum atomic E-state index is -1.06. The number of amides is 1. The third-order valence-electron chi connectivity index (χ3n) is 7.13. The lowest BCUT2D eigenvalue weighted by Gasteiger charge is -2.38. The SMILES string of the molecule is O=C(CCc1ccccc1)N1CCC(O)(Cn2cc(-c3ccccn3)c(-c3ccccc3)cc2=O)CC1. The van der Waals surface area contributed by atoms with Crippen molar-refractivity contribution in [3.05, 3.63) is 113 Å². The van der Waals surface area contributed by atoms with Gasteiger partial charge in [-0.1, -0.05) is 66.7 Å². The molecule has 4 aromatic rings. The fraction of sp³-hybridized carbons (Fsp3) is 0.258. The van der Waals surface area contributed by atoms with Crippen LogP contribution in [0, 0.1) is 0 Å². The van der Waals surface area contributed by atoms with Crippen molar-refractivity contribution in [1.29, 1.82) is 0 Å². The quantitative estimate of drug-likeness (QED) is 0.409. The Hall–Kier alpha value is -4.03. The van der Waals surface area contributed by atoms with Crippen LogP contribution in [0.5, 0.6) is 0 Å². The number of carbonyl (C=O) groups excluding carboxylic acids is 1. The Morgan fingerprint density at radius 2 is 1.57 bits per heavy atom. The molecule has 2 aromatic heterocycles. The summed E-state index contributed by atoms with van der Waals surface area (Å²) in [5, 5.41) is 11.4. The van der Waals surface area contributed by atoms with Crippen LogP contribution < -0.4 is 5.56 Å². The van der Waals surface area contributed by atoms with Crippen LogP contribution >= 0.6 is 0 Å². The predicted octanol–water partition coefficient (Wildman–Crippen LogP) is 4.56. The van der Waals surface area contributed by atoms with E-state index in [1.54, 1.807) is 16.8 Å². The molecule has 0 radical (unpaired) electrons. The van der Waals surface area contributed by atoms with E-state index in [2.05, 4.69) is 4.98 Å². The van der Waals surface area contributed by atoms with Gasteiger partial charge in [-0.3, -0.25) is 14.6 Å². The minimum Gasteiger partial charge on any atom is -0.388 e. The largest absolute Gasteiger partial charge is 0.388 e. The molecule has 1 aliphatic rings. The van der Waals surface area contributed by atoms with E-state index in [-0.39, 0.29) is 18.0 Å². The molecule has 1 saturated heterocycles. The van der Waals surface area contributed by atoms with E-state index in [1.807, 2.05) is 90.0 Å². The van der Waals surface area contributed by atoms with Crippen molar-refractivity contribution in [1.82, 2.24) is 14.5 Å². The lowest BCUT2D eigenvalue weighted by atomic mass is 9.90. The Bertz CT molecular complexity index is 1390. The number of rotatable bonds is 7. The summed E-state index contributed by atoms with van der Waals surface area (Å²) in [7, 11) is 0. The summed E-state index contributed by atoms with van der Waals surface area (Å²) in [6, 6.07) is 27.1. The molecule has 0 bridgehead atoms. The van der Waals surface area contributed by atoms with Crippen LogP contribution in [0.3, 0.4) is 0 Å². The highest BCUT2D eigenvalue weighted by Crippen LogP contribution is 2.31. The van der Waals surface area contributed by atoms with Crippen molar-refractivity contribution < 1.29 is 9.90 Å². The molecule has 5 rings (SSSR count). The fourth-order valence-electron chi connectivity index (χ4n) is 4.98. The number of hydrogen-bond acceptors (Lipinski definition) is 4. The molecule has 188 valence electrons. The first-order valence-electron chi connectivity index (χ1n) is 12.8. The molecule has 3 heterocycles. The highest BCUT2D eigenvalue weighted by Gasteiger charge is 2.34. The van der Waals surface area contributed by atoms with Gasteiger partial charge in [-0.05, 0) is 48.1 Å². The topological polar surface area (TPSA) is 75.4 Å². The van der Waals surface area contributed by atoms with Crippen LogP contribution in [0.25, 0.3) is 22.4 Å². The Morgan fingerprint density at radius 3 is 2.24 bits per heavy atom. The van der Waals surface area contributed by atoms with Gasteiger partial charge in [0.15, 0.2) is 0 Å². The molecule has 0 saturated carbocycles. The number of nitrogens with zero attached hydrogens (tertiary/aromatic N) is 3. The molecule has 1 aliphatic heterocycles. The van der Waals surface area contributed by atoms with Gasteiger partial charge < -0.3 is 14.6 Å². The van der Waals surface area contributed by atoms with Gasteiger partial charge in [0.1, 0.15) is 0 Å².